The van der Waals surface area contributed by atoms with Crippen LogP contribution in [0, 0.1) is 0 Å². The molecular formula is C22H26N6O. The summed E-state index contributed by atoms with van der Waals surface area (Å²) in [6.07, 6.45) is 1.61. The number of aromatic nitrogens is 2. The SMILES string of the molecule is CN1CCN(c2ccc(C(=O)Nc3ccn[nH]3)cc2-c2ccc(CN)cc2)CC1. The molecule has 29 heavy (non-hydrogen) atoms. The van der Waals surface area contributed by atoms with Gasteiger partial charge in [0.25, 0.3) is 5.91 Å². The Balaban J connectivity index is 1.69. The molecule has 2 heterocycles. The summed E-state index contributed by atoms with van der Waals surface area (Å²) < 4.78 is 0. The van der Waals surface area contributed by atoms with E-state index in [1.807, 2.05) is 24.3 Å². The van der Waals surface area contributed by atoms with Gasteiger partial charge < -0.3 is 20.9 Å². The van der Waals surface area contributed by atoms with Crippen LogP contribution in [-0.4, -0.2) is 54.2 Å². The number of rotatable bonds is 5. The predicted octanol–water partition coefficient (Wildman–Crippen LogP) is 2.54. The first kappa shape index (κ1) is 19.2. The fourth-order valence-corrected chi connectivity index (χ4v) is 3.57. The fourth-order valence-electron chi connectivity index (χ4n) is 3.57. The van der Waals surface area contributed by atoms with Gasteiger partial charge in [-0.2, -0.15) is 5.10 Å². The van der Waals surface area contributed by atoms with Crippen molar-refractivity contribution in [2.24, 2.45) is 5.73 Å². The van der Waals surface area contributed by atoms with Gasteiger partial charge >= 0.3 is 0 Å². The minimum absolute atomic E-state index is 0.168. The van der Waals surface area contributed by atoms with Crippen molar-refractivity contribution in [1.82, 2.24) is 15.1 Å². The highest BCUT2D eigenvalue weighted by atomic mass is 16.1. The van der Waals surface area contributed by atoms with Crippen LogP contribution in [0.2, 0.25) is 0 Å². The quantitative estimate of drug-likeness (QED) is 0.623. The van der Waals surface area contributed by atoms with E-state index in [9.17, 15) is 4.79 Å². The number of anilines is 2. The molecule has 1 aromatic heterocycles. The van der Waals surface area contributed by atoms with Crippen LogP contribution in [0.25, 0.3) is 11.1 Å². The minimum atomic E-state index is -0.168. The van der Waals surface area contributed by atoms with Gasteiger partial charge in [0.15, 0.2) is 0 Å². The molecule has 0 saturated carbocycles. The van der Waals surface area contributed by atoms with Gasteiger partial charge in [-0.3, -0.25) is 9.89 Å². The molecule has 0 radical (unpaired) electrons. The van der Waals surface area contributed by atoms with Crippen LogP contribution in [0.5, 0.6) is 0 Å². The van der Waals surface area contributed by atoms with Crippen molar-refractivity contribution < 1.29 is 4.79 Å². The maximum Gasteiger partial charge on any atom is 0.256 e. The van der Waals surface area contributed by atoms with Gasteiger partial charge in [-0.15, -0.1) is 0 Å². The van der Waals surface area contributed by atoms with Crippen LogP contribution in [0.1, 0.15) is 15.9 Å². The van der Waals surface area contributed by atoms with Crippen LogP contribution in [-0.2, 0) is 6.54 Å². The van der Waals surface area contributed by atoms with Gasteiger partial charge in [0.2, 0.25) is 0 Å². The first-order chi connectivity index (χ1) is 14.1. The Morgan fingerprint density at radius 2 is 1.86 bits per heavy atom. The van der Waals surface area contributed by atoms with Crippen molar-refractivity contribution in [2.45, 2.75) is 6.54 Å². The van der Waals surface area contributed by atoms with Gasteiger partial charge in [-0.05, 0) is 36.4 Å². The van der Waals surface area contributed by atoms with E-state index in [0.717, 1.165) is 48.6 Å². The third kappa shape index (κ3) is 4.31. The standard InChI is InChI=1S/C22H26N6O/c1-27-10-12-28(13-11-27)20-7-6-18(22(29)25-21-8-9-24-26-21)14-19(20)17-4-2-16(15-23)3-5-17/h2-9,14H,10-13,15,23H2,1H3,(H2,24,25,26,29). The zero-order valence-corrected chi connectivity index (χ0v) is 16.6. The number of benzene rings is 2. The van der Waals surface area contributed by atoms with Crippen molar-refractivity contribution in [3.63, 3.8) is 0 Å². The lowest BCUT2D eigenvalue weighted by atomic mass is 9.98. The van der Waals surface area contributed by atoms with Crippen LogP contribution < -0.4 is 16.0 Å². The van der Waals surface area contributed by atoms with Crippen LogP contribution in [0.3, 0.4) is 0 Å². The Morgan fingerprint density at radius 1 is 1.10 bits per heavy atom. The predicted molar refractivity (Wildman–Crippen MR) is 116 cm³/mol. The second kappa shape index (κ2) is 8.46. The Hall–Kier alpha value is -3.16. The van der Waals surface area contributed by atoms with Gasteiger partial charge in [0, 0.05) is 55.6 Å². The van der Waals surface area contributed by atoms with Crippen molar-refractivity contribution in [2.75, 3.05) is 43.4 Å². The number of nitrogens with zero attached hydrogens (tertiary/aromatic N) is 3. The van der Waals surface area contributed by atoms with Gasteiger partial charge in [-0.25, -0.2) is 0 Å². The number of carbonyl (C=O) groups is 1. The molecule has 3 aromatic rings. The summed E-state index contributed by atoms with van der Waals surface area (Å²) in [6, 6.07) is 15.9. The van der Waals surface area contributed by atoms with Gasteiger partial charge in [0.05, 0.1) is 6.20 Å². The highest BCUT2D eigenvalue weighted by molar-refractivity contribution is 6.05. The van der Waals surface area contributed by atoms with Gasteiger partial charge in [-0.1, -0.05) is 24.3 Å². The summed E-state index contributed by atoms with van der Waals surface area (Å²) in [5.41, 5.74) is 10.7. The normalized spacial score (nSPS) is 14.8. The molecule has 0 bridgehead atoms. The number of nitrogens with two attached hydrogens (primary N) is 1. The van der Waals surface area contributed by atoms with Crippen LogP contribution in [0.4, 0.5) is 11.5 Å². The lowest BCUT2D eigenvalue weighted by Crippen LogP contribution is -2.44. The van der Waals surface area contributed by atoms with E-state index < -0.39 is 0 Å². The summed E-state index contributed by atoms with van der Waals surface area (Å²) in [5.74, 6) is 0.408. The lowest BCUT2D eigenvalue weighted by Gasteiger charge is -2.35. The first-order valence-corrected chi connectivity index (χ1v) is 9.81. The second-order valence-corrected chi connectivity index (χ2v) is 7.35. The van der Waals surface area contributed by atoms with Crippen molar-refractivity contribution >= 4 is 17.4 Å². The lowest BCUT2D eigenvalue weighted by molar-refractivity contribution is 0.102. The molecule has 2 aromatic carbocycles. The summed E-state index contributed by atoms with van der Waals surface area (Å²) in [6.45, 7) is 4.48. The van der Waals surface area contributed by atoms with E-state index in [-0.39, 0.29) is 5.91 Å². The molecule has 0 aliphatic carbocycles. The van der Waals surface area contributed by atoms with Crippen LogP contribution >= 0.6 is 0 Å². The summed E-state index contributed by atoms with van der Waals surface area (Å²) in [7, 11) is 2.15. The van der Waals surface area contributed by atoms with Crippen molar-refractivity contribution in [3.8, 4) is 11.1 Å². The number of nitrogens with one attached hydrogen (secondary N) is 2. The van der Waals surface area contributed by atoms with E-state index in [2.05, 4.69) is 50.6 Å². The maximum absolute atomic E-state index is 12.7. The topological polar surface area (TPSA) is 90.3 Å². The molecule has 1 saturated heterocycles. The highest BCUT2D eigenvalue weighted by Crippen LogP contribution is 2.33. The number of hydrogen-bond donors (Lipinski definition) is 3. The van der Waals surface area contributed by atoms with Crippen molar-refractivity contribution in [1.29, 1.82) is 0 Å². The molecule has 4 N–H and O–H groups in total. The molecule has 0 spiro atoms. The third-order valence-corrected chi connectivity index (χ3v) is 5.35. The highest BCUT2D eigenvalue weighted by Gasteiger charge is 2.19. The second-order valence-electron chi connectivity index (χ2n) is 7.35. The van der Waals surface area contributed by atoms with E-state index >= 15 is 0 Å². The smallest absolute Gasteiger partial charge is 0.256 e. The molecule has 0 unspecified atom stereocenters. The average Bonchev–Trinajstić information content (AvgIpc) is 3.27. The Morgan fingerprint density at radius 3 is 2.52 bits per heavy atom. The number of H-pyrrole nitrogens is 1. The van der Waals surface area contributed by atoms with E-state index in [4.69, 9.17) is 5.73 Å². The molecule has 0 atom stereocenters. The van der Waals surface area contributed by atoms with E-state index in [1.54, 1.807) is 12.3 Å². The monoisotopic (exact) mass is 390 g/mol. The largest absolute Gasteiger partial charge is 0.368 e. The van der Waals surface area contributed by atoms with Gasteiger partial charge in [0.1, 0.15) is 5.82 Å². The number of piperazine rings is 1. The summed E-state index contributed by atoms with van der Waals surface area (Å²) in [5, 5.41) is 9.47. The molecule has 1 aliphatic rings. The Labute approximate surface area is 170 Å². The molecule has 7 nitrogen and oxygen atoms in total. The number of hydrogen-bond acceptors (Lipinski definition) is 5. The zero-order chi connectivity index (χ0) is 20.2. The number of amides is 1. The average molecular weight is 390 g/mol. The third-order valence-electron chi connectivity index (χ3n) is 5.35. The molecule has 4 rings (SSSR count). The molecule has 1 fully saturated rings. The fraction of sp³-hybridized carbons (Fsp3) is 0.273. The maximum atomic E-state index is 12.7. The van der Waals surface area contributed by atoms with E-state index in [0.29, 0.717) is 17.9 Å². The van der Waals surface area contributed by atoms with Crippen LogP contribution in [0.15, 0.2) is 54.7 Å². The van der Waals surface area contributed by atoms with Crippen molar-refractivity contribution in [3.05, 3.63) is 65.9 Å². The Bertz CT molecular complexity index is 959. The Kier molecular flexibility index (Phi) is 5.59. The molecular weight excluding hydrogens is 364 g/mol. The van der Waals surface area contributed by atoms with E-state index in [1.165, 1.54) is 0 Å². The summed E-state index contributed by atoms with van der Waals surface area (Å²) >= 11 is 0. The number of carbonyl (C=O) groups excluding carboxylic acids is 1. The summed E-state index contributed by atoms with van der Waals surface area (Å²) in [4.78, 5) is 17.5. The number of likely N-dealkylation sites (N-methyl/N-ethyl adjacent to an activating group) is 1. The molecule has 1 amide bonds. The number of aromatic amines is 1. The zero-order valence-electron chi connectivity index (χ0n) is 16.6. The molecule has 1 aliphatic heterocycles. The molecule has 150 valence electrons. The first-order valence-electron chi connectivity index (χ1n) is 9.81. The molecule has 7 heteroatoms. The minimum Gasteiger partial charge on any atom is -0.368 e.